The van der Waals surface area contributed by atoms with Gasteiger partial charge in [-0.3, -0.25) is 0 Å². The van der Waals surface area contributed by atoms with E-state index < -0.39 is 0 Å². The first-order valence-electron chi connectivity index (χ1n) is 3.72. The Labute approximate surface area is 79.4 Å². The van der Waals surface area contributed by atoms with Crippen molar-refractivity contribution in [1.82, 2.24) is 0 Å². The van der Waals surface area contributed by atoms with Crippen molar-refractivity contribution in [3.05, 3.63) is 0 Å². The maximum absolute atomic E-state index is 4.45. The van der Waals surface area contributed by atoms with Crippen LogP contribution >= 0.6 is 37.9 Å². The SMILES string of the molecule is SC1CCC(S)CC(S)C1. The first kappa shape index (κ1) is 9.14. The number of hydrogen-bond acceptors (Lipinski definition) is 3. The van der Waals surface area contributed by atoms with E-state index >= 15 is 0 Å². The van der Waals surface area contributed by atoms with Gasteiger partial charge in [-0.05, 0) is 25.7 Å². The minimum absolute atomic E-state index is 0.521. The normalized spacial score (nSPS) is 42.9. The van der Waals surface area contributed by atoms with Crippen LogP contribution < -0.4 is 0 Å². The third-order valence-corrected chi connectivity index (χ3v) is 3.28. The molecule has 60 valence electrons. The molecule has 0 saturated heterocycles. The van der Waals surface area contributed by atoms with Crippen molar-refractivity contribution in [2.24, 2.45) is 0 Å². The van der Waals surface area contributed by atoms with Gasteiger partial charge in [0.05, 0.1) is 0 Å². The molecule has 0 heterocycles. The first-order chi connectivity index (χ1) is 4.68. The largest absolute Gasteiger partial charge is 0.176 e. The summed E-state index contributed by atoms with van der Waals surface area (Å²) >= 11 is 13.3. The summed E-state index contributed by atoms with van der Waals surface area (Å²) in [6.45, 7) is 0. The maximum atomic E-state index is 4.45. The topological polar surface area (TPSA) is 0 Å². The fourth-order valence-corrected chi connectivity index (χ4v) is 2.99. The van der Waals surface area contributed by atoms with Gasteiger partial charge >= 0.3 is 0 Å². The van der Waals surface area contributed by atoms with E-state index in [1.165, 1.54) is 12.8 Å². The lowest BCUT2D eigenvalue weighted by atomic mass is 10.2. The van der Waals surface area contributed by atoms with E-state index in [2.05, 4.69) is 37.9 Å². The molecule has 3 heteroatoms. The molecule has 0 N–H and O–H groups in total. The highest BCUT2D eigenvalue weighted by atomic mass is 32.1. The maximum Gasteiger partial charge on any atom is 0.00376 e. The molecule has 0 nitrogen and oxygen atoms in total. The second-order valence-electron chi connectivity index (χ2n) is 3.01. The predicted octanol–water partition coefficient (Wildman–Crippen LogP) is 2.46. The van der Waals surface area contributed by atoms with Crippen LogP contribution in [0.3, 0.4) is 0 Å². The van der Waals surface area contributed by atoms with Crippen LogP contribution in [0.4, 0.5) is 0 Å². The Morgan fingerprint density at radius 3 is 1.50 bits per heavy atom. The van der Waals surface area contributed by atoms with Crippen LogP contribution in [0.5, 0.6) is 0 Å². The van der Waals surface area contributed by atoms with Gasteiger partial charge in [0, 0.05) is 15.7 Å². The molecule has 2 atom stereocenters. The van der Waals surface area contributed by atoms with Crippen LogP contribution in [0.2, 0.25) is 0 Å². The Hall–Kier alpha value is 1.05. The quantitative estimate of drug-likeness (QED) is 0.383. The highest BCUT2D eigenvalue weighted by Gasteiger charge is 2.19. The zero-order valence-corrected chi connectivity index (χ0v) is 8.59. The monoisotopic (exact) mass is 194 g/mol. The predicted molar refractivity (Wildman–Crippen MR) is 56.8 cm³/mol. The summed E-state index contributed by atoms with van der Waals surface area (Å²) in [5.41, 5.74) is 0. The molecule has 0 aromatic carbocycles. The average Bonchev–Trinajstić information content (AvgIpc) is 1.93. The Bertz CT molecular complexity index is 93.0. The summed E-state index contributed by atoms with van der Waals surface area (Å²) in [4.78, 5) is 0. The van der Waals surface area contributed by atoms with Crippen LogP contribution in [-0.2, 0) is 0 Å². The molecule has 0 spiro atoms. The lowest BCUT2D eigenvalue weighted by molar-refractivity contribution is 0.730. The zero-order chi connectivity index (χ0) is 7.56. The number of thiol groups is 3. The van der Waals surface area contributed by atoms with Crippen molar-refractivity contribution in [3.63, 3.8) is 0 Å². The number of rotatable bonds is 0. The Kier molecular flexibility index (Phi) is 3.81. The molecule has 0 aliphatic heterocycles. The molecule has 1 rings (SSSR count). The molecule has 1 saturated carbocycles. The summed E-state index contributed by atoms with van der Waals surface area (Å²) in [5, 5.41) is 1.63. The zero-order valence-electron chi connectivity index (χ0n) is 5.90. The van der Waals surface area contributed by atoms with Gasteiger partial charge in [-0.1, -0.05) is 0 Å². The van der Waals surface area contributed by atoms with Crippen LogP contribution in [0.1, 0.15) is 25.7 Å². The molecule has 0 aromatic rings. The molecule has 0 bridgehead atoms. The van der Waals surface area contributed by atoms with E-state index in [1.54, 1.807) is 0 Å². The fourth-order valence-electron chi connectivity index (χ4n) is 1.34. The minimum Gasteiger partial charge on any atom is -0.176 e. The van der Waals surface area contributed by atoms with Crippen LogP contribution in [0, 0.1) is 0 Å². The van der Waals surface area contributed by atoms with E-state index in [0.29, 0.717) is 15.7 Å². The van der Waals surface area contributed by atoms with Gasteiger partial charge in [-0.15, -0.1) is 0 Å². The Morgan fingerprint density at radius 2 is 1.10 bits per heavy atom. The highest BCUT2D eigenvalue weighted by molar-refractivity contribution is 7.82. The summed E-state index contributed by atoms with van der Waals surface area (Å²) < 4.78 is 0. The fraction of sp³-hybridized carbons (Fsp3) is 1.00. The molecule has 0 aromatic heterocycles. The highest BCUT2D eigenvalue weighted by Crippen LogP contribution is 2.27. The summed E-state index contributed by atoms with van der Waals surface area (Å²) in [6, 6.07) is 0. The van der Waals surface area contributed by atoms with E-state index in [9.17, 15) is 0 Å². The molecular formula is C7H14S3. The van der Waals surface area contributed by atoms with E-state index in [4.69, 9.17) is 0 Å². The second-order valence-corrected chi connectivity index (χ2v) is 5.20. The van der Waals surface area contributed by atoms with Gasteiger partial charge in [0.25, 0.3) is 0 Å². The van der Waals surface area contributed by atoms with Crippen molar-refractivity contribution in [1.29, 1.82) is 0 Å². The smallest absolute Gasteiger partial charge is 0.00376 e. The van der Waals surface area contributed by atoms with Gasteiger partial charge < -0.3 is 0 Å². The van der Waals surface area contributed by atoms with Crippen molar-refractivity contribution in [2.75, 3.05) is 0 Å². The van der Waals surface area contributed by atoms with Gasteiger partial charge in [-0.25, -0.2) is 0 Å². The van der Waals surface area contributed by atoms with E-state index in [-0.39, 0.29) is 0 Å². The lowest BCUT2D eigenvalue weighted by Gasteiger charge is -2.09. The molecule has 1 aliphatic rings. The van der Waals surface area contributed by atoms with Crippen LogP contribution in [0.25, 0.3) is 0 Å². The summed E-state index contributed by atoms with van der Waals surface area (Å²) in [5.74, 6) is 0. The number of hydrogen-bond donors (Lipinski definition) is 3. The van der Waals surface area contributed by atoms with Gasteiger partial charge in [-0.2, -0.15) is 37.9 Å². The third kappa shape index (κ3) is 2.97. The first-order valence-corrected chi connectivity index (χ1v) is 5.27. The Balaban J connectivity index is 2.38. The van der Waals surface area contributed by atoms with Crippen molar-refractivity contribution < 1.29 is 0 Å². The second kappa shape index (κ2) is 4.17. The average molecular weight is 194 g/mol. The summed E-state index contributed by atoms with van der Waals surface area (Å²) in [7, 11) is 0. The molecule has 10 heavy (non-hydrogen) atoms. The lowest BCUT2D eigenvalue weighted by Crippen LogP contribution is -2.06. The van der Waals surface area contributed by atoms with E-state index in [1.807, 2.05) is 0 Å². The molecule has 1 fully saturated rings. The van der Waals surface area contributed by atoms with Gasteiger partial charge in [0.1, 0.15) is 0 Å². The Morgan fingerprint density at radius 1 is 0.700 bits per heavy atom. The molecule has 0 amide bonds. The van der Waals surface area contributed by atoms with Crippen LogP contribution in [-0.4, -0.2) is 15.7 Å². The molecule has 2 unspecified atom stereocenters. The minimum atomic E-state index is 0.521. The van der Waals surface area contributed by atoms with Gasteiger partial charge in [0.2, 0.25) is 0 Å². The standard InChI is InChI=1S/C7H14S3/c8-5-1-2-6(9)4-7(10)3-5/h5-10H,1-4H2. The van der Waals surface area contributed by atoms with Crippen molar-refractivity contribution >= 4 is 37.9 Å². The van der Waals surface area contributed by atoms with Crippen LogP contribution in [0.15, 0.2) is 0 Å². The summed E-state index contributed by atoms with van der Waals surface area (Å²) in [6.07, 6.45) is 4.69. The third-order valence-electron chi connectivity index (χ3n) is 1.92. The molecule has 1 aliphatic carbocycles. The van der Waals surface area contributed by atoms with Crippen molar-refractivity contribution in [2.45, 2.75) is 41.4 Å². The van der Waals surface area contributed by atoms with Gasteiger partial charge in [0.15, 0.2) is 0 Å². The molecule has 0 radical (unpaired) electrons. The van der Waals surface area contributed by atoms with E-state index in [0.717, 1.165) is 12.8 Å². The molecular weight excluding hydrogens is 180 g/mol. The van der Waals surface area contributed by atoms with Crippen molar-refractivity contribution in [3.8, 4) is 0 Å².